The Morgan fingerprint density at radius 1 is 0.393 bits per heavy atom. The number of aromatic nitrogens is 4. The molecular formula is C64H92N8O12. The Morgan fingerprint density at radius 2 is 0.643 bits per heavy atom. The summed E-state index contributed by atoms with van der Waals surface area (Å²) in [6.07, 6.45) is -5.96. The van der Waals surface area contributed by atoms with E-state index in [1.165, 1.54) is 51.8 Å². The summed E-state index contributed by atoms with van der Waals surface area (Å²) in [6.45, 7) is 26.3. The first-order valence-corrected chi connectivity index (χ1v) is 29.4. The fourth-order valence-electron chi connectivity index (χ4n) is 10.5. The second-order valence-electron chi connectivity index (χ2n) is 24.6. The zero-order chi connectivity index (χ0) is 62.6. The van der Waals surface area contributed by atoms with E-state index in [0.29, 0.717) is 24.2 Å². The van der Waals surface area contributed by atoms with Gasteiger partial charge in [0.15, 0.2) is 24.4 Å². The number of likely N-dealkylation sites (N-methyl/N-ethyl adjacent to an activating group) is 4. The number of hydrogen-bond acceptors (Lipinski definition) is 14. The van der Waals surface area contributed by atoms with Crippen LogP contribution < -0.4 is 0 Å². The molecule has 0 radical (unpaired) electrons. The van der Waals surface area contributed by atoms with Crippen LogP contribution in [0.4, 0.5) is 0 Å². The predicted molar refractivity (Wildman–Crippen MR) is 317 cm³/mol. The van der Waals surface area contributed by atoms with Gasteiger partial charge in [0, 0.05) is 52.4 Å². The summed E-state index contributed by atoms with van der Waals surface area (Å²) in [5, 5.41) is 9.15. The van der Waals surface area contributed by atoms with E-state index in [9.17, 15) is 28.8 Å². The van der Waals surface area contributed by atoms with Gasteiger partial charge >= 0.3 is 23.9 Å². The van der Waals surface area contributed by atoms with Crippen molar-refractivity contribution >= 4 is 47.5 Å². The molecule has 0 spiro atoms. The van der Waals surface area contributed by atoms with E-state index in [0.717, 1.165) is 43.7 Å². The molecule has 1 fully saturated rings. The van der Waals surface area contributed by atoms with Crippen LogP contribution in [0.5, 0.6) is 0 Å². The Balaban J connectivity index is 1.59. The lowest BCUT2D eigenvalue weighted by Crippen LogP contribution is -2.55. The molecule has 0 bridgehead atoms. The van der Waals surface area contributed by atoms with Crippen LogP contribution in [0.1, 0.15) is 140 Å². The van der Waals surface area contributed by atoms with E-state index in [1.807, 2.05) is 153 Å². The number of rotatable bonds is 16. The number of carbonyl (C=O) groups excluding carboxylic acids is 8. The summed E-state index contributed by atoms with van der Waals surface area (Å²) >= 11 is 0. The fourth-order valence-corrected chi connectivity index (χ4v) is 10.5. The molecular weight excluding hydrogens is 1070 g/mol. The number of carbonyl (C=O) groups is 8. The molecule has 0 N–H and O–H groups in total. The van der Waals surface area contributed by atoms with Crippen molar-refractivity contribution in [3.05, 3.63) is 106 Å². The third-order valence-electron chi connectivity index (χ3n) is 15.2. The van der Waals surface area contributed by atoms with Gasteiger partial charge in [0.1, 0.15) is 24.2 Å². The van der Waals surface area contributed by atoms with Crippen LogP contribution in [0.15, 0.2) is 60.7 Å². The third kappa shape index (κ3) is 18.3. The van der Waals surface area contributed by atoms with Gasteiger partial charge in [0.25, 0.3) is 23.6 Å². The van der Waals surface area contributed by atoms with Crippen LogP contribution in [0, 0.1) is 51.4 Å². The number of nitrogens with zero attached hydrogens (tertiary/aromatic N) is 8. The summed E-state index contributed by atoms with van der Waals surface area (Å²) in [5.74, 6) is -7.41. The number of ether oxygens (including phenoxy) is 4. The van der Waals surface area contributed by atoms with Crippen LogP contribution in [0.2, 0.25) is 0 Å². The molecule has 0 aliphatic carbocycles. The predicted octanol–water partition coefficient (Wildman–Crippen LogP) is 7.39. The molecule has 84 heavy (non-hydrogen) atoms. The Labute approximate surface area is 496 Å². The van der Waals surface area contributed by atoms with Gasteiger partial charge in [-0.15, -0.1) is 0 Å². The van der Waals surface area contributed by atoms with Crippen LogP contribution in [0.3, 0.4) is 0 Å². The number of cyclic esters (lactones) is 4. The number of esters is 4. The Morgan fingerprint density at radius 3 is 0.893 bits per heavy atom. The van der Waals surface area contributed by atoms with Crippen molar-refractivity contribution in [2.75, 3.05) is 28.2 Å². The fraction of sp³-hybridized carbons (Fsp3) is 0.594. The Kier molecular flexibility index (Phi) is 24.0. The van der Waals surface area contributed by atoms with Gasteiger partial charge in [-0.25, -0.2) is 19.2 Å². The lowest BCUT2D eigenvalue weighted by molar-refractivity contribution is -0.176. The molecule has 5 rings (SSSR count). The van der Waals surface area contributed by atoms with Crippen molar-refractivity contribution in [2.45, 2.75) is 197 Å². The maximum Gasteiger partial charge on any atom is 0.329 e. The SMILES string of the molecule is Cc1cc(C)n(Cc2ccc(C[C@H]3OC(=O)[C@H](CC(C)C)N(C)C(=O)[C@@H](C)OC(=O)[C@H](CC(C)C)N(C)C(=O)[C@@H](Cc4ccc(Cn5nc(C)cc5C)cc4)OC(=O)[C@H](CC(C)C)N(C)C(=O)[C@@H](C)OC(=O)[C@H](CC(C)C)N(C)C3=O)cc2)n1. The van der Waals surface area contributed by atoms with Gasteiger partial charge in [0.2, 0.25) is 0 Å². The molecule has 4 amide bonds. The van der Waals surface area contributed by atoms with Crippen molar-refractivity contribution in [3.63, 3.8) is 0 Å². The van der Waals surface area contributed by atoms with Crippen LogP contribution in [0.25, 0.3) is 0 Å². The first-order chi connectivity index (χ1) is 39.3. The highest BCUT2D eigenvalue weighted by Gasteiger charge is 2.43. The summed E-state index contributed by atoms with van der Waals surface area (Å²) in [5.41, 5.74) is 6.83. The average molecular weight is 1170 g/mol. The average Bonchev–Trinajstić information content (AvgIpc) is 3.58. The summed E-state index contributed by atoms with van der Waals surface area (Å²) in [6, 6.07) is 13.7. The Hall–Kier alpha value is -7.38. The summed E-state index contributed by atoms with van der Waals surface area (Å²) < 4.78 is 28.1. The van der Waals surface area contributed by atoms with Gasteiger partial charge in [0.05, 0.1) is 24.5 Å². The van der Waals surface area contributed by atoms with Crippen LogP contribution >= 0.6 is 0 Å². The molecule has 1 aliphatic heterocycles. The first kappa shape index (κ1) is 67.4. The van der Waals surface area contributed by atoms with Crippen LogP contribution in [-0.4, -0.2) is 163 Å². The van der Waals surface area contributed by atoms with Crippen molar-refractivity contribution in [1.82, 2.24) is 39.2 Å². The van der Waals surface area contributed by atoms with E-state index in [1.54, 1.807) is 0 Å². The summed E-state index contributed by atoms with van der Waals surface area (Å²) in [4.78, 5) is 122. The molecule has 4 aromatic rings. The first-order valence-electron chi connectivity index (χ1n) is 29.4. The van der Waals surface area contributed by atoms with Crippen molar-refractivity contribution in [1.29, 1.82) is 0 Å². The molecule has 8 atom stereocenters. The lowest BCUT2D eigenvalue weighted by Gasteiger charge is -2.35. The van der Waals surface area contributed by atoms with E-state index in [4.69, 9.17) is 18.9 Å². The quantitative estimate of drug-likeness (QED) is 0.0789. The van der Waals surface area contributed by atoms with Crippen molar-refractivity contribution in [3.8, 4) is 0 Å². The van der Waals surface area contributed by atoms with E-state index in [-0.39, 0.29) is 62.2 Å². The van der Waals surface area contributed by atoms with E-state index >= 15 is 9.59 Å². The van der Waals surface area contributed by atoms with Gasteiger partial charge < -0.3 is 38.5 Å². The highest BCUT2D eigenvalue weighted by atomic mass is 16.6. The van der Waals surface area contributed by atoms with Gasteiger partial charge in [-0.2, -0.15) is 10.2 Å². The Bertz CT molecular complexity index is 2720. The minimum atomic E-state index is -1.53. The zero-order valence-corrected chi connectivity index (χ0v) is 52.8. The number of hydrogen-bond donors (Lipinski definition) is 0. The normalized spacial score (nSPS) is 22.7. The van der Waals surface area contributed by atoms with Gasteiger partial charge in [-0.1, -0.05) is 104 Å². The molecule has 1 saturated heterocycles. The monoisotopic (exact) mass is 1160 g/mol. The largest absolute Gasteiger partial charge is 0.451 e. The molecule has 1 aliphatic rings. The third-order valence-corrected chi connectivity index (χ3v) is 15.2. The minimum absolute atomic E-state index is 0.0833. The van der Waals surface area contributed by atoms with Crippen LogP contribution in [-0.2, 0) is 83.2 Å². The molecule has 2 aromatic carbocycles. The van der Waals surface area contributed by atoms with Crippen molar-refractivity contribution < 1.29 is 57.3 Å². The second kappa shape index (κ2) is 29.9. The molecule has 20 nitrogen and oxygen atoms in total. The maximum atomic E-state index is 15.1. The number of amides is 4. The maximum absolute atomic E-state index is 15.1. The van der Waals surface area contributed by atoms with E-state index < -0.39 is 96.1 Å². The lowest BCUT2D eigenvalue weighted by atomic mass is 9.99. The molecule has 20 heteroatoms. The highest BCUT2D eigenvalue weighted by Crippen LogP contribution is 2.25. The number of aryl methyl sites for hydroxylation is 4. The topological polar surface area (TPSA) is 222 Å². The molecule has 0 unspecified atom stereocenters. The van der Waals surface area contributed by atoms with Gasteiger partial charge in [-0.3, -0.25) is 28.5 Å². The summed E-state index contributed by atoms with van der Waals surface area (Å²) in [7, 11) is 5.59. The zero-order valence-electron chi connectivity index (χ0n) is 52.8. The molecule has 0 saturated carbocycles. The standard InChI is InChI=1S/C64H92N8O12/c1-37(2)27-51-61(77)81-45(13)57(73)67(15)54(30-40(7)8)64(80)84-56(34-48-21-25-50(26-22-48)36-72-44(12)32-42(10)66-72)60(76)70(18)52(28-38(3)4)62(78)82-46(14)58(74)68(16)53(29-39(5)6)63(79)83-55(59(75)69(51)17)33-47-19-23-49(24-20-47)35-71-43(11)31-41(9)65-71/h19-26,31-32,37-40,45-46,51-56H,27-30,33-36H2,1-18H3/t45-,46-,51+,52+,53+,54+,55-,56-/m1/s1. The molecule has 3 heterocycles. The van der Waals surface area contributed by atoms with Gasteiger partial charge in [-0.05, 0) is 125 Å². The molecule has 460 valence electrons. The minimum Gasteiger partial charge on any atom is -0.451 e. The smallest absolute Gasteiger partial charge is 0.329 e. The number of benzene rings is 2. The van der Waals surface area contributed by atoms with E-state index in [2.05, 4.69) is 10.2 Å². The molecule has 2 aromatic heterocycles. The van der Waals surface area contributed by atoms with Crippen molar-refractivity contribution in [2.24, 2.45) is 23.7 Å². The highest BCUT2D eigenvalue weighted by molar-refractivity contribution is 5.94. The second-order valence-corrected chi connectivity index (χ2v) is 24.6.